The van der Waals surface area contributed by atoms with Crippen LogP contribution in [0.5, 0.6) is 0 Å². The molecule has 0 saturated carbocycles. The Balaban J connectivity index is 3.30. The summed E-state index contributed by atoms with van der Waals surface area (Å²) in [6, 6.07) is -6.84. The molecule has 1 fully saturated rings. The number of esters is 1. The fraction of sp³-hybridized carbons (Fsp3) is 0.800. The molecule has 252 valence electrons. The van der Waals surface area contributed by atoms with E-state index in [0.717, 1.165) is 38.5 Å². The van der Waals surface area contributed by atoms with Crippen molar-refractivity contribution in [1.29, 1.82) is 0 Å². The highest BCUT2D eigenvalue weighted by Crippen LogP contribution is 2.13. The maximum atomic E-state index is 13.3. The SMILES string of the molecule is CCCCCCCCCC(=O)N[C@@H]1C(=O)N[C@H](CO)C(=O)N[C@@H](CO)C(=O)N[C@H](C(C)C)C(=O)NC(C(C)C)C(=O)O[C@@H]1C. The van der Waals surface area contributed by atoms with Gasteiger partial charge in [0.2, 0.25) is 29.5 Å². The van der Waals surface area contributed by atoms with Crippen molar-refractivity contribution in [2.75, 3.05) is 13.2 Å². The molecule has 0 aromatic carbocycles. The molecule has 1 unspecified atom stereocenters. The zero-order valence-electron chi connectivity index (χ0n) is 26.9. The van der Waals surface area contributed by atoms with E-state index in [1.807, 2.05) is 0 Å². The molecule has 14 heteroatoms. The first kappa shape index (κ1) is 38.8. The summed E-state index contributed by atoms with van der Waals surface area (Å²) in [5.41, 5.74) is 0. The molecule has 44 heavy (non-hydrogen) atoms. The van der Waals surface area contributed by atoms with Gasteiger partial charge in [-0.2, -0.15) is 0 Å². The van der Waals surface area contributed by atoms with Crippen LogP contribution in [0.4, 0.5) is 0 Å². The Morgan fingerprint density at radius 2 is 1.20 bits per heavy atom. The van der Waals surface area contributed by atoms with Gasteiger partial charge in [0.1, 0.15) is 36.3 Å². The highest BCUT2D eigenvalue weighted by molar-refractivity contribution is 5.96. The molecule has 0 radical (unpaired) electrons. The van der Waals surface area contributed by atoms with Crippen LogP contribution >= 0.6 is 0 Å². The molecule has 14 nitrogen and oxygen atoms in total. The number of carbonyl (C=O) groups excluding carboxylic acids is 6. The van der Waals surface area contributed by atoms with Gasteiger partial charge in [0.25, 0.3) is 0 Å². The topological polar surface area (TPSA) is 212 Å². The van der Waals surface area contributed by atoms with Gasteiger partial charge in [-0.15, -0.1) is 0 Å². The van der Waals surface area contributed by atoms with E-state index < -0.39 is 96.9 Å². The minimum Gasteiger partial charge on any atom is -0.458 e. The number of rotatable bonds is 13. The van der Waals surface area contributed by atoms with Crippen molar-refractivity contribution in [3.63, 3.8) is 0 Å². The van der Waals surface area contributed by atoms with E-state index in [-0.39, 0.29) is 6.42 Å². The number of amides is 5. The van der Waals surface area contributed by atoms with Gasteiger partial charge in [-0.1, -0.05) is 73.1 Å². The number of unbranched alkanes of at least 4 members (excludes halogenated alkanes) is 6. The van der Waals surface area contributed by atoms with Crippen molar-refractivity contribution in [2.24, 2.45) is 11.8 Å². The molecule has 0 spiro atoms. The van der Waals surface area contributed by atoms with E-state index in [4.69, 9.17) is 4.74 Å². The highest BCUT2D eigenvalue weighted by atomic mass is 16.5. The standard InChI is InChI=1S/C30H53N5O9/c1-7-8-9-10-11-12-13-14-22(38)33-25-19(6)44-30(43)24(18(4)5)35-28(41)23(17(2)3)34-27(40)21(16-37)31-26(39)20(15-36)32-29(25)42/h17-21,23-25,36-37H,7-16H2,1-6H3,(H,31,39)(H,32,42)(H,33,38)(H,34,40)(H,35,41)/t19-,20-,21+,23-,24?,25+/m1/s1. The summed E-state index contributed by atoms with van der Waals surface area (Å²) in [6.07, 6.45) is 5.78. The molecule has 1 aliphatic rings. The number of hydrogen-bond donors (Lipinski definition) is 7. The Kier molecular flexibility index (Phi) is 17.5. The van der Waals surface area contributed by atoms with Gasteiger partial charge in [-0.05, 0) is 25.2 Å². The van der Waals surface area contributed by atoms with E-state index in [0.29, 0.717) is 6.42 Å². The summed E-state index contributed by atoms with van der Waals surface area (Å²) in [6.45, 7) is 8.49. The molecule has 1 rings (SSSR count). The summed E-state index contributed by atoms with van der Waals surface area (Å²) >= 11 is 0. The lowest BCUT2D eigenvalue weighted by Crippen LogP contribution is -2.63. The molecule has 1 aliphatic heterocycles. The largest absolute Gasteiger partial charge is 0.458 e. The Hall–Kier alpha value is -3.26. The lowest BCUT2D eigenvalue weighted by Gasteiger charge is -2.31. The minimum absolute atomic E-state index is 0.122. The molecule has 7 N–H and O–H groups in total. The fourth-order valence-corrected chi connectivity index (χ4v) is 4.66. The van der Waals surface area contributed by atoms with Crippen molar-refractivity contribution >= 4 is 35.5 Å². The highest BCUT2D eigenvalue weighted by Gasteiger charge is 2.38. The van der Waals surface area contributed by atoms with Crippen LogP contribution in [0.2, 0.25) is 0 Å². The van der Waals surface area contributed by atoms with Crippen molar-refractivity contribution < 1.29 is 43.7 Å². The second-order valence-corrected chi connectivity index (χ2v) is 12.0. The normalized spacial score (nSPS) is 26.0. The summed E-state index contributed by atoms with van der Waals surface area (Å²) in [5.74, 6) is -5.74. The zero-order valence-corrected chi connectivity index (χ0v) is 26.9. The zero-order chi connectivity index (χ0) is 33.4. The molecule has 1 heterocycles. The lowest BCUT2D eigenvalue weighted by molar-refractivity contribution is -0.157. The summed E-state index contributed by atoms with van der Waals surface area (Å²) < 4.78 is 5.57. The van der Waals surface area contributed by atoms with Crippen LogP contribution < -0.4 is 26.6 Å². The van der Waals surface area contributed by atoms with Crippen LogP contribution in [0.25, 0.3) is 0 Å². The molecule has 6 atom stereocenters. The number of nitrogens with one attached hydrogen (secondary N) is 5. The van der Waals surface area contributed by atoms with E-state index in [2.05, 4.69) is 33.5 Å². The van der Waals surface area contributed by atoms with Crippen molar-refractivity contribution in [3.8, 4) is 0 Å². The molecular weight excluding hydrogens is 574 g/mol. The number of carbonyl (C=O) groups is 6. The van der Waals surface area contributed by atoms with E-state index in [9.17, 15) is 39.0 Å². The van der Waals surface area contributed by atoms with E-state index in [1.165, 1.54) is 6.92 Å². The first-order chi connectivity index (χ1) is 20.8. The average molecular weight is 628 g/mol. The summed E-state index contributed by atoms with van der Waals surface area (Å²) in [5, 5.41) is 31.9. The Morgan fingerprint density at radius 3 is 1.73 bits per heavy atom. The van der Waals surface area contributed by atoms with Gasteiger partial charge in [0, 0.05) is 6.42 Å². The fourth-order valence-electron chi connectivity index (χ4n) is 4.66. The lowest BCUT2D eigenvalue weighted by atomic mass is 9.99. The van der Waals surface area contributed by atoms with Gasteiger partial charge >= 0.3 is 5.97 Å². The molecule has 0 aromatic rings. The molecule has 0 bridgehead atoms. The minimum atomic E-state index is -1.57. The van der Waals surface area contributed by atoms with Gasteiger partial charge in [0.15, 0.2) is 0 Å². The van der Waals surface area contributed by atoms with Gasteiger partial charge in [-0.3, -0.25) is 24.0 Å². The maximum absolute atomic E-state index is 13.3. The van der Waals surface area contributed by atoms with Crippen LogP contribution in [0, 0.1) is 11.8 Å². The van der Waals surface area contributed by atoms with E-state index in [1.54, 1.807) is 27.7 Å². The predicted octanol–water partition coefficient (Wildman–Crippen LogP) is -0.207. The second kappa shape index (κ2) is 19.9. The van der Waals surface area contributed by atoms with E-state index >= 15 is 0 Å². The van der Waals surface area contributed by atoms with Crippen molar-refractivity contribution in [1.82, 2.24) is 26.6 Å². The number of aliphatic hydroxyl groups excluding tert-OH is 2. The quantitative estimate of drug-likeness (QED) is 0.106. The summed E-state index contributed by atoms with van der Waals surface area (Å²) in [7, 11) is 0. The van der Waals surface area contributed by atoms with Gasteiger partial charge < -0.3 is 41.5 Å². The Labute approximate surface area is 260 Å². The van der Waals surface area contributed by atoms with Crippen molar-refractivity contribution in [3.05, 3.63) is 0 Å². The number of cyclic esters (lactones) is 1. The molecule has 0 aromatic heterocycles. The second-order valence-electron chi connectivity index (χ2n) is 12.0. The third-order valence-corrected chi connectivity index (χ3v) is 7.47. The van der Waals surface area contributed by atoms with Crippen LogP contribution in [0.15, 0.2) is 0 Å². The van der Waals surface area contributed by atoms with Gasteiger partial charge in [0.05, 0.1) is 13.2 Å². The third kappa shape index (κ3) is 12.8. The van der Waals surface area contributed by atoms with Gasteiger partial charge in [-0.25, -0.2) is 4.79 Å². The third-order valence-electron chi connectivity index (χ3n) is 7.47. The van der Waals surface area contributed by atoms with Crippen LogP contribution in [0.1, 0.15) is 92.9 Å². The summed E-state index contributed by atoms with van der Waals surface area (Å²) in [4.78, 5) is 78.5. The van der Waals surface area contributed by atoms with Crippen molar-refractivity contribution in [2.45, 2.75) is 129 Å². The molecule has 0 aliphatic carbocycles. The number of hydrogen-bond acceptors (Lipinski definition) is 9. The monoisotopic (exact) mass is 627 g/mol. The van der Waals surface area contributed by atoms with Crippen LogP contribution in [0.3, 0.4) is 0 Å². The first-order valence-corrected chi connectivity index (χ1v) is 15.7. The average Bonchev–Trinajstić information content (AvgIpc) is 2.96. The molecule has 1 saturated heterocycles. The van der Waals surface area contributed by atoms with Crippen LogP contribution in [-0.4, -0.2) is 95.2 Å². The maximum Gasteiger partial charge on any atom is 0.329 e. The Bertz CT molecular complexity index is 975. The Morgan fingerprint density at radius 1 is 0.727 bits per heavy atom. The number of ether oxygens (including phenoxy) is 1. The molecular formula is C30H53N5O9. The predicted molar refractivity (Wildman–Crippen MR) is 162 cm³/mol. The van der Waals surface area contributed by atoms with Crippen LogP contribution in [-0.2, 0) is 33.5 Å². The number of aliphatic hydroxyl groups is 2. The first-order valence-electron chi connectivity index (χ1n) is 15.7. The molecule has 5 amide bonds. The smallest absolute Gasteiger partial charge is 0.329 e.